The molecule has 0 aliphatic heterocycles. The monoisotopic (exact) mass is 217 g/mol. The molecule has 2 aromatic rings. The first-order valence-corrected chi connectivity index (χ1v) is 4.90. The maximum atomic E-state index is 8.92. The third-order valence-corrected chi connectivity index (χ3v) is 2.19. The molecule has 16 heavy (non-hydrogen) atoms. The minimum atomic E-state index is 0.206. The van der Waals surface area contributed by atoms with E-state index in [1.807, 2.05) is 24.3 Å². The van der Waals surface area contributed by atoms with Gasteiger partial charge in [-0.3, -0.25) is 0 Å². The molecule has 1 heterocycles. The van der Waals surface area contributed by atoms with Gasteiger partial charge < -0.3 is 13.9 Å². The average Bonchev–Trinajstić information content (AvgIpc) is 2.68. The number of nitrogens with zero attached hydrogens (tertiary/aromatic N) is 1. The SMILES string of the molecule is COCCOc1c(C#N)oc2ccccc12. The summed E-state index contributed by atoms with van der Waals surface area (Å²) in [5.74, 6) is 0.701. The van der Waals surface area contributed by atoms with Crippen LogP contribution in [0.15, 0.2) is 28.7 Å². The Morgan fingerprint density at radius 3 is 2.88 bits per heavy atom. The summed E-state index contributed by atoms with van der Waals surface area (Å²) >= 11 is 0. The van der Waals surface area contributed by atoms with Crippen LogP contribution in [0.25, 0.3) is 11.0 Å². The first-order valence-electron chi connectivity index (χ1n) is 4.90. The van der Waals surface area contributed by atoms with E-state index in [0.29, 0.717) is 24.5 Å². The topological polar surface area (TPSA) is 55.4 Å². The number of fused-ring (bicyclic) bond motifs is 1. The summed E-state index contributed by atoms with van der Waals surface area (Å²) in [6.45, 7) is 0.874. The van der Waals surface area contributed by atoms with Crippen LogP contribution in [0.3, 0.4) is 0 Å². The summed E-state index contributed by atoms with van der Waals surface area (Å²) in [6, 6.07) is 9.38. The number of hydrogen-bond donors (Lipinski definition) is 0. The van der Waals surface area contributed by atoms with Gasteiger partial charge in [0.05, 0.1) is 12.0 Å². The van der Waals surface area contributed by atoms with Gasteiger partial charge in [-0.25, -0.2) is 0 Å². The largest absolute Gasteiger partial charge is 0.486 e. The van der Waals surface area contributed by atoms with Crippen molar-refractivity contribution in [3.63, 3.8) is 0 Å². The molecule has 82 valence electrons. The molecule has 0 aliphatic carbocycles. The predicted octanol–water partition coefficient (Wildman–Crippen LogP) is 2.33. The molecular formula is C12H11NO3. The van der Waals surface area contributed by atoms with Crippen LogP contribution < -0.4 is 4.74 Å². The van der Waals surface area contributed by atoms with Crippen molar-refractivity contribution in [2.45, 2.75) is 0 Å². The van der Waals surface area contributed by atoms with Gasteiger partial charge in [0.15, 0.2) is 5.75 Å². The number of methoxy groups -OCH3 is 1. The van der Waals surface area contributed by atoms with Crippen LogP contribution in [0.5, 0.6) is 5.75 Å². The zero-order valence-corrected chi connectivity index (χ0v) is 8.90. The number of nitriles is 1. The van der Waals surface area contributed by atoms with E-state index < -0.39 is 0 Å². The maximum absolute atomic E-state index is 8.92. The maximum Gasteiger partial charge on any atom is 0.246 e. The van der Waals surface area contributed by atoms with Gasteiger partial charge >= 0.3 is 0 Å². The Bertz CT molecular complexity index is 525. The van der Waals surface area contributed by atoms with Gasteiger partial charge in [0.1, 0.15) is 18.3 Å². The Morgan fingerprint density at radius 1 is 1.31 bits per heavy atom. The minimum absolute atomic E-state index is 0.206. The zero-order valence-electron chi connectivity index (χ0n) is 8.90. The molecule has 0 radical (unpaired) electrons. The standard InChI is InChI=1S/C12H11NO3/c1-14-6-7-15-12-9-4-2-3-5-10(9)16-11(12)8-13/h2-5H,6-7H2,1H3. The predicted molar refractivity (Wildman–Crippen MR) is 58.3 cm³/mol. The van der Waals surface area contributed by atoms with Crippen molar-refractivity contribution >= 4 is 11.0 Å². The molecule has 0 bridgehead atoms. The smallest absolute Gasteiger partial charge is 0.246 e. The summed E-state index contributed by atoms with van der Waals surface area (Å²) < 4.78 is 15.7. The van der Waals surface area contributed by atoms with Crippen molar-refractivity contribution in [2.75, 3.05) is 20.3 Å². The van der Waals surface area contributed by atoms with Gasteiger partial charge in [0.2, 0.25) is 5.76 Å². The summed E-state index contributed by atoms with van der Waals surface area (Å²) in [5, 5.41) is 9.74. The summed E-state index contributed by atoms with van der Waals surface area (Å²) in [5.41, 5.74) is 0.659. The van der Waals surface area contributed by atoms with Gasteiger partial charge in [-0.2, -0.15) is 5.26 Å². The normalized spacial score (nSPS) is 10.2. The number of furan rings is 1. The van der Waals surface area contributed by atoms with Crippen molar-refractivity contribution in [1.29, 1.82) is 5.26 Å². The van der Waals surface area contributed by atoms with Gasteiger partial charge in [-0.1, -0.05) is 12.1 Å². The van der Waals surface area contributed by atoms with E-state index in [4.69, 9.17) is 19.2 Å². The van der Waals surface area contributed by atoms with Crippen LogP contribution in [-0.2, 0) is 4.74 Å². The second-order valence-electron chi connectivity index (χ2n) is 3.21. The van der Waals surface area contributed by atoms with Crippen molar-refractivity contribution in [1.82, 2.24) is 0 Å². The number of hydrogen-bond acceptors (Lipinski definition) is 4. The van der Waals surface area contributed by atoms with Gasteiger partial charge in [0.25, 0.3) is 0 Å². The highest BCUT2D eigenvalue weighted by atomic mass is 16.5. The first kappa shape index (κ1) is 10.5. The Balaban J connectivity index is 2.37. The van der Waals surface area contributed by atoms with E-state index in [9.17, 15) is 0 Å². The molecule has 0 saturated heterocycles. The molecule has 0 saturated carbocycles. The molecule has 0 unspecified atom stereocenters. The van der Waals surface area contributed by atoms with Crippen molar-refractivity contribution in [3.05, 3.63) is 30.0 Å². The van der Waals surface area contributed by atoms with Crippen molar-refractivity contribution in [2.24, 2.45) is 0 Å². The summed E-state index contributed by atoms with van der Waals surface area (Å²) in [6.07, 6.45) is 0. The second kappa shape index (κ2) is 4.69. The zero-order chi connectivity index (χ0) is 11.4. The molecule has 1 aromatic heterocycles. The Kier molecular flexibility index (Phi) is 3.08. The van der Waals surface area contributed by atoms with Crippen LogP contribution in [-0.4, -0.2) is 20.3 Å². The summed E-state index contributed by atoms with van der Waals surface area (Å²) in [4.78, 5) is 0. The van der Waals surface area contributed by atoms with E-state index in [0.717, 1.165) is 5.39 Å². The van der Waals surface area contributed by atoms with Crippen LogP contribution >= 0.6 is 0 Å². The van der Waals surface area contributed by atoms with E-state index in [-0.39, 0.29) is 5.76 Å². The number of para-hydroxylation sites is 1. The molecule has 1 aromatic carbocycles. The molecule has 0 amide bonds. The highest BCUT2D eigenvalue weighted by molar-refractivity contribution is 5.86. The Labute approximate surface area is 93.0 Å². The molecule has 2 rings (SSSR count). The van der Waals surface area contributed by atoms with Crippen LogP contribution in [0, 0.1) is 11.3 Å². The van der Waals surface area contributed by atoms with E-state index in [1.54, 1.807) is 13.2 Å². The fraction of sp³-hybridized carbons (Fsp3) is 0.250. The van der Waals surface area contributed by atoms with Gasteiger partial charge in [-0.05, 0) is 12.1 Å². The lowest BCUT2D eigenvalue weighted by atomic mass is 10.2. The number of ether oxygens (including phenoxy) is 2. The Hall–Kier alpha value is -1.99. The van der Waals surface area contributed by atoms with Crippen LogP contribution in [0.4, 0.5) is 0 Å². The summed E-state index contributed by atoms with van der Waals surface area (Å²) in [7, 11) is 1.60. The lowest BCUT2D eigenvalue weighted by Gasteiger charge is -2.02. The number of rotatable bonds is 4. The lowest BCUT2D eigenvalue weighted by molar-refractivity contribution is 0.146. The fourth-order valence-corrected chi connectivity index (χ4v) is 1.47. The highest BCUT2D eigenvalue weighted by Crippen LogP contribution is 2.32. The molecular weight excluding hydrogens is 206 g/mol. The van der Waals surface area contributed by atoms with Crippen LogP contribution in [0.1, 0.15) is 5.76 Å². The Morgan fingerprint density at radius 2 is 2.12 bits per heavy atom. The third-order valence-electron chi connectivity index (χ3n) is 2.19. The van der Waals surface area contributed by atoms with Crippen molar-refractivity contribution < 1.29 is 13.9 Å². The third kappa shape index (κ3) is 1.86. The second-order valence-corrected chi connectivity index (χ2v) is 3.21. The van der Waals surface area contributed by atoms with Crippen LogP contribution in [0.2, 0.25) is 0 Å². The molecule has 0 N–H and O–H groups in total. The van der Waals surface area contributed by atoms with E-state index in [1.165, 1.54) is 0 Å². The average molecular weight is 217 g/mol. The lowest BCUT2D eigenvalue weighted by Crippen LogP contribution is -2.04. The molecule has 4 nitrogen and oxygen atoms in total. The van der Waals surface area contributed by atoms with Gasteiger partial charge in [0, 0.05) is 7.11 Å². The van der Waals surface area contributed by atoms with Crippen molar-refractivity contribution in [3.8, 4) is 11.8 Å². The molecule has 0 spiro atoms. The molecule has 0 aliphatic rings. The fourth-order valence-electron chi connectivity index (χ4n) is 1.47. The highest BCUT2D eigenvalue weighted by Gasteiger charge is 2.14. The van der Waals surface area contributed by atoms with E-state index >= 15 is 0 Å². The molecule has 4 heteroatoms. The number of benzene rings is 1. The molecule has 0 fully saturated rings. The van der Waals surface area contributed by atoms with E-state index in [2.05, 4.69) is 0 Å². The quantitative estimate of drug-likeness (QED) is 0.737. The minimum Gasteiger partial charge on any atom is -0.486 e. The van der Waals surface area contributed by atoms with Gasteiger partial charge in [-0.15, -0.1) is 0 Å². The first-order chi connectivity index (χ1) is 7.86. The molecule has 0 atom stereocenters.